The van der Waals surface area contributed by atoms with Crippen molar-refractivity contribution < 1.29 is 29.0 Å². The Balaban J connectivity index is 1.72. The minimum Gasteiger partial charge on any atom is -0.501 e. The minimum absolute atomic E-state index is 0.0682. The van der Waals surface area contributed by atoms with Crippen LogP contribution in [0.2, 0.25) is 0 Å². The van der Waals surface area contributed by atoms with Gasteiger partial charge in [-0.2, -0.15) is 0 Å². The highest BCUT2D eigenvalue weighted by molar-refractivity contribution is 14.1. The number of phenolic OH excluding ortho intramolecular Hbond substituents is 1. The number of aromatic nitrogens is 1. The Morgan fingerprint density at radius 1 is 1.35 bits per heavy atom. The predicted octanol–water partition coefficient (Wildman–Crippen LogP) is 2.75. The number of rotatable bonds is 5. The van der Waals surface area contributed by atoms with E-state index in [0.29, 0.717) is 33.1 Å². The monoisotopic (exact) mass is 635 g/mol. The van der Waals surface area contributed by atoms with E-state index in [1.54, 1.807) is 54.6 Å². The number of halogens is 1. The number of thiazole rings is 1. The molecule has 0 radical (unpaired) electrons. The molecule has 2 aromatic carbocycles. The van der Waals surface area contributed by atoms with Crippen molar-refractivity contribution in [2.45, 2.75) is 19.9 Å². The number of benzene rings is 2. The second-order valence-corrected chi connectivity index (χ2v) is 10.2. The Hall–Kier alpha value is -3.72. The first-order chi connectivity index (χ1) is 17.7. The van der Waals surface area contributed by atoms with Crippen LogP contribution in [0.15, 0.2) is 51.4 Å². The van der Waals surface area contributed by atoms with Gasteiger partial charge in [0, 0.05) is 6.07 Å². The summed E-state index contributed by atoms with van der Waals surface area (Å²) >= 11 is 2.88. The van der Waals surface area contributed by atoms with Gasteiger partial charge in [-0.05, 0) is 71.8 Å². The summed E-state index contributed by atoms with van der Waals surface area (Å²) in [5.41, 5.74) is 0.679. The van der Waals surface area contributed by atoms with Gasteiger partial charge < -0.3 is 19.3 Å². The van der Waals surface area contributed by atoms with E-state index in [-0.39, 0.29) is 27.1 Å². The fourth-order valence-electron chi connectivity index (χ4n) is 4.17. The molecule has 1 N–H and O–H groups in total. The van der Waals surface area contributed by atoms with Gasteiger partial charge in [0.25, 0.3) is 5.56 Å². The van der Waals surface area contributed by atoms with E-state index >= 15 is 0 Å². The summed E-state index contributed by atoms with van der Waals surface area (Å²) in [7, 11) is 0. The molecule has 37 heavy (non-hydrogen) atoms. The molecule has 3 aromatic rings. The third kappa shape index (κ3) is 4.37. The predicted molar refractivity (Wildman–Crippen MR) is 140 cm³/mol. The van der Waals surface area contributed by atoms with E-state index in [2.05, 4.69) is 4.99 Å². The summed E-state index contributed by atoms with van der Waals surface area (Å²) in [4.78, 5) is 42.3. The van der Waals surface area contributed by atoms with Crippen molar-refractivity contribution in [2.75, 3.05) is 13.4 Å². The Kier molecular flexibility index (Phi) is 6.49. The lowest BCUT2D eigenvalue weighted by Crippen LogP contribution is -2.39. The van der Waals surface area contributed by atoms with E-state index < -0.39 is 33.9 Å². The average molecular weight is 635 g/mol. The fourth-order valence-corrected chi connectivity index (χ4v) is 5.85. The summed E-state index contributed by atoms with van der Waals surface area (Å²) in [6.07, 6.45) is 1.50. The van der Waals surface area contributed by atoms with Gasteiger partial charge in [-0.15, -0.1) is 0 Å². The van der Waals surface area contributed by atoms with E-state index in [4.69, 9.17) is 14.2 Å². The normalized spacial score (nSPS) is 16.4. The van der Waals surface area contributed by atoms with Gasteiger partial charge in [0.2, 0.25) is 12.5 Å². The largest absolute Gasteiger partial charge is 0.501 e. The first-order valence-corrected chi connectivity index (χ1v) is 12.8. The van der Waals surface area contributed by atoms with Crippen LogP contribution in [0.3, 0.4) is 0 Å². The number of esters is 1. The quantitative estimate of drug-likeness (QED) is 0.195. The Morgan fingerprint density at radius 2 is 2.11 bits per heavy atom. The highest BCUT2D eigenvalue weighted by Gasteiger charge is 2.34. The molecule has 11 nitrogen and oxygen atoms in total. The van der Waals surface area contributed by atoms with Crippen LogP contribution in [-0.4, -0.2) is 34.0 Å². The summed E-state index contributed by atoms with van der Waals surface area (Å²) in [5, 5.41) is 21.4. The minimum atomic E-state index is -0.846. The Morgan fingerprint density at radius 3 is 2.84 bits per heavy atom. The molecular formula is C24H18IN3O8S. The van der Waals surface area contributed by atoms with Gasteiger partial charge in [-0.25, -0.2) is 9.79 Å². The molecule has 0 fully saturated rings. The molecule has 0 amide bonds. The molecular weight excluding hydrogens is 617 g/mol. The molecule has 190 valence electrons. The first kappa shape index (κ1) is 25.0. The second kappa shape index (κ2) is 9.63. The number of aromatic hydroxyl groups is 1. The number of carbonyl (C=O) groups excluding carboxylic acids is 1. The number of hydrogen-bond acceptors (Lipinski definition) is 10. The number of nitrogens with zero attached hydrogens (tertiary/aromatic N) is 3. The van der Waals surface area contributed by atoms with Gasteiger partial charge in [0.15, 0.2) is 16.3 Å². The molecule has 1 aromatic heterocycles. The number of fused-ring (bicyclic) bond motifs is 2. The van der Waals surface area contributed by atoms with E-state index in [1.165, 1.54) is 22.8 Å². The van der Waals surface area contributed by atoms with E-state index in [9.17, 15) is 24.8 Å². The highest BCUT2D eigenvalue weighted by Crippen LogP contribution is 2.38. The van der Waals surface area contributed by atoms with Gasteiger partial charge in [0.1, 0.15) is 0 Å². The third-order valence-corrected chi connectivity index (χ3v) is 7.59. The van der Waals surface area contributed by atoms with Crippen molar-refractivity contribution >= 4 is 51.7 Å². The molecule has 0 unspecified atom stereocenters. The van der Waals surface area contributed by atoms with Crippen LogP contribution in [0.25, 0.3) is 6.08 Å². The first-order valence-electron chi connectivity index (χ1n) is 11.0. The van der Waals surface area contributed by atoms with Crippen LogP contribution in [-0.2, 0) is 9.53 Å². The molecule has 2 aliphatic rings. The number of phenols is 1. The van der Waals surface area contributed by atoms with E-state index in [1.807, 2.05) is 0 Å². The fraction of sp³-hybridized carbons (Fsp3) is 0.208. The number of nitro benzene ring substituents is 1. The molecule has 13 heteroatoms. The summed E-state index contributed by atoms with van der Waals surface area (Å²) < 4.78 is 18.1. The lowest BCUT2D eigenvalue weighted by molar-refractivity contribution is -0.386. The van der Waals surface area contributed by atoms with Gasteiger partial charge in [-0.1, -0.05) is 17.4 Å². The van der Waals surface area contributed by atoms with Gasteiger partial charge in [-0.3, -0.25) is 19.5 Å². The molecule has 0 bridgehead atoms. The van der Waals surface area contributed by atoms with Crippen LogP contribution in [0, 0.1) is 13.7 Å². The average Bonchev–Trinajstić information content (AvgIpc) is 3.44. The van der Waals surface area contributed by atoms with Crippen molar-refractivity contribution in [1.82, 2.24) is 4.57 Å². The van der Waals surface area contributed by atoms with Crippen molar-refractivity contribution in [3.63, 3.8) is 0 Å². The maximum atomic E-state index is 13.7. The third-order valence-electron chi connectivity index (χ3n) is 5.79. The van der Waals surface area contributed by atoms with Crippen LogP contribution in [0.4, 0.5) is 5.69 Å². The number of allylic oxidation sites excluding steroid dienone is 1. The maximum Gasteiger partial charge on any atom is 0.338 e. The van der Waals surface area contributed by atoms with Crippen molar-refractivity contribution in [2.24, 2.45) is 4.99 Å². The molecule has 1 atom stereocenters. The molecule has 3 heterocycles. The molecule has 5 rings (SSSR count). The van der Waals surface area contributed by atoms with Crippen LogP contribution in [0.1, 0.15) is 31.0 Å². The second-order valence-electron chi connectivity index (χ2n) is 8.04. The van der Waals surface area contributed by atoms with Crippen LogP contribution in [0.5, 0.6) is 17.2 Å². The molecule has 0 saturated heterocycles. The van der Waals surface area contributed by atoms with Crippen molar-refractivity contribution in [3.05, 3.63) is 86.1 Å². The van der Waals surface area contributed by atoms with Gasteiger partial charge >= 0.3 is 11.7 Å². The zero-order valence-corrected chi connectivity index (χ0v) is 22.4. The smallest absolute Gasteiger partial charge is 0.338 e. The molecule has 0 spiro atoms. The SMILES string of the molecule is CCOC(=O)C1=C(C)N=c2s/c(=C\c3cc(I)c(O)c([N+](=O)[O-])c3)c(=O)n2[C@@H]1c1ccc2c(c1)OCO2. The number of nitro groups is 1. The number of hydrogen-bond donors (Lipinski definition) is 1. The molecule has 2 aliphatic heterocycles. The van der Waals surface area contributed by atoms with Crippen LogP contribution >= 0.6 is 33.9 Å². The Bertz CT molecular complexity index is 1690. The molecule has 0 aliphatic carbocycles. The van der Waals surface area contributed by atoms with E-state index in [0.717, 1.165) is 11.3 Å². The summed E-state index contributed by atoms with van der Waals surface area (Å²) in [5.74, 6) is 0.00710. The highest BCUT2D eigenvalue weighted by atomic mass is 127. The number of ether oxygens (including phenoxy) is 3. The van der Waals surface area contributed by atoms with Gasteiger partial charge in [0.05, 0.1) is 36.9 Å². The maximum absolute atomic E-state index is 13.7. The lowest BCUT2D eigenvalue weighted by Gasteiger charge is -2.24. The van der Waals surface area contributed by atoms with Crippen LogP contribution < -0.4 is 24.4 Å². The Labute approximate surface area is 226 Å². The molecule has 0 saturated carbocycles. The zero-order chi connectivity index (χ0) is 26.4. The summed E-state index contributed by atoms with van der Waals surface area (Å²) in [6, 6.07) is 7.06. The summed E-state index contributed by atoms with van der Waals surface area (Å²) in [6.45, 7) is 3.58. The van der Waals surface area contributed by atoms with Crippen molar-refractivity contribution in [3.8, 4) is 17.2 Å². The number of carbonyl (C=O) groups is 1. The van der Waals surface area contributed by atoms with Crippen molar-refractivity contribution in [1.29, 1.82) is 0 Å². The lowest BCUT2D eigenvalue weighted by atomic mass is 9.95. The zero-order valence-electron chi connectivity index (χ0n) is 19.4. The standard InChI is InChI=1S/C24H18IN3O8S/c1-3-34-23(31)19-11(2)26-24-27(20(19)13-4-5-16-17(9-13)36-10-35-16)22(30)18(37-24)8-12-6-14(25)21(29)15(7-12)28(32)33/h4-9,20,29H,3,10H2,1-2H3/b18-8-/t20-/m1/s1. The topological polar surface area (TPSA) is 142 Å².